The van der Waals surface area contributed by atoms with Gasteiger partial charge < -0.3 is 9.84 Å². The Bertz CT molecular complexity index is 1090. The van der Waals surface area contributed by atoms with Crippen LogP contribution in [0.3, 0.4) is 0 Å². The molecule has 11 heteroatoms. The van der Waals surface area contributed by atoms with Gasteiger partial charge in [-0.3, -0.25) is 9.25 Å². The highest BCUT2D eigenvalue weighted by Gasteiger charge is 2.40. The van der Waals surface area contributed by atoms with Gasteiger partial charge in [-0.15, -0.1) is 0 Å². The minimum absolute atomic E-state index is 0.0217. The number of halogens is 5. The first-order chi connectivity index (χ1) is 14.5. The van der Waals surface area contributed by atoms with Gasteiger partial charge in [0.2, 0.25) is 0 Å². The molecule has 0 radical (unpaired) electrons. The summed E-state index contributed by atoms with van der Waals surface area (Å²) >= 11 is 6.09. The molecule has 0 fully saturated rings. The van der Waals surface area contributed by atoms with Crippen LogP contribution in [-0.2, 0) is 17.5 Å². The fraction of sp³-hybridized carbons (Fsp3) is 0.300. The summed E-state index contributed by atoms with van der Waals surface area (Å²) in [6.45, 7) is 2.42. The lowest BCUT2D eigenvalue weighted by Gasteiger charge is -2.14. The molecular weight excluding hydrogens is 442 g/mol. The Kier molecular flexibility index (Phi) is 6.42. The zero-order valence-electron chi connectivity index (χ0n) is 16.5. The average molecular weight is 460 g/mol. The Labute approximate surface area is 179 Å². The molecule has 1 atom stereocenters. The van der Waals surface area contributed by atoms with Crippen molar-refractivity contribution in [2.45, 2.75) is 32.7 Å². The molecular formula is C20H18ClF4N3O3. The van der Waals surface area contributed by atoms with E-state index in [1.807, 2.05) is 0 Å². The minimum Gasteiger partial charge on any atom is -0.449 e. The van der Waals surface area contributed by atoms with Gasteiger partial charge in [-0.2, -0.15) is 18.3 Å². The number of nitrogens with zero attached hydrogens (tertiary/aromatic N) is 3. The Morgan fingerprint density at radius 1 is 1.35 bits per heavy atom. The van der Waals surface area contributed by atoms with Crippen LogP contribution in [0, 0.1) is 5.82 Å². The third-order valence-electron chi connectivity index (χ3n) is 4.36. The van der Waals surface area contributed by atoms with Gasteiger partial charge in [0, 0.05) is 22.9 Å². The molecule has 0 spiro atoms. The Morgan fingerprint density at radius 3 is 2.65 bits per heavy atom. The summed E-state index contributed by atoms with van der Waals surface area (Å²) in [6, 6.07) is 5.15. The first kappa shape index (κ1) is 22.8. The van der Waals surface area contributed by atoms with E-state index in [4.69, 9.17) is 16.3 Å². The topological polar surface area (TPSA) is 69.3 Å². The zero-order valence-corrected chi connectivity index (χ0v) is 17.2. The molecule has 0 unspecified atom stereocenters. The van der Waals surface area contributed by atoms with Crippen LogP contribution in [0.15, 0.2) is 36.7 Å². The molecule has 2 heterocycles. The van der Waals surface area contributed by atoms with Gasteiger partial charge in [0.1, 0.15) is 5.82 Å². The van der Waals surface area contributed by atoms with Crippen LogP contribution in [0.25, 0.3) is 22.4 Å². The summed E-state index contributed by atoms with van der Waals surface area (Å²) in [5.74, 6) is -0.707. The van der Waals surface area contributed by atoms with Crippen molar-refractivity contribution in [2.24, 2.45) is 0 Å². The number of benzene rings is 1. The SMILES string of the molecule is CCOC(=O)n1cc(-c2c(F)cccc2Cl)cc1-c1cnn(C[C@@H](C)O)c1C(F)(F)F. The minimum atomic E-state index is -4.85. The van der Waals surface area contributed by atoms with Crippen molar-refractivity contribution in [1.29, 1.82) is 0 Å². The fourth-order valence-corrected chi connectivity index (χ4v) is 3.46. The largest absolute Gasteiger partial charge is 0.449 e. The van der Waals surface area contributed by atoms with E-state index < -0.39 is 42.0 Å². The number of carbonyl (C=O) groups is 1. The maximum absolute atomic E-state index is 14.4. The van der Waals surface area contributed by atoms with Crippen LogP contribution in [0.1, 0.15) is 19.5 Å². The normalized spacial score (nSPS) is 12.8. The van der Waals surface area contributed by atoms with E-state index in [2.05, 4.69) is 5.10 Å². The predicted octanol–water partition coefficient (Wildman–Crippen LogP) is 5.22. The number of aliphatic hydroxyl groups excluding tert-OH is 1. The molecule has 31 heavy (non-hydrogen) atoms. The van der Waals surface area contributed by atoms with Gasteiger partial charge in [0.15, 0.2) is 5.69 Å². The fourth-order valence-electron chi connectivity index (χ4n) is 3.19. The van der Waals surface area contributed by atoms with Crippen LogP contribution >= 0.6 is 11.6 Å². The Morgan fingerprint density at radius 2 is 2.06 bits per heavy atom. The lowest BCUT2D eigenvalue weighted by atomic mass is 10.1. The van der Waals surface area contributed by atoms with Crippen LogP contribution in [0.4, 0.5) is 22.4 Å². The van der Waals surface area contributed by atoms with E-state index in [0.717, 1.165) is 23.0 Å². The smallest absolute Gasteiger partial charge is 0.433 e. The molecule has 0 amide bonds. The maximum Gasteiger partial charge on any atom is 0.433 e. The summed E-state index contributed by atoms with van der Waals surface area (Å²) in [5.41, 5.74) is -1.79. The van der Waals surface area contributed by atoms with E-state index in [9.17, 15) is 27.5 Å². The van der Waals surface area contributed by atoms with Crippen molar-refractivity contribution in [3.63, 3.8) is 0 Å². The molecule has 3 rings (SSSR count). The number of hydrogen-bond acceptors (Lipinski definition) is 4. The number of carbonyl (C=O) groups excluding carboxylic acids is 1. The number of alkyl halides is 3. The first-order valence-electron chi connectivity index (χ1n) is 9.19. The number of hydrogen-bond donors (Lipinski definition) is 1. The zero-order chi connectivity index (χ0) is 22.9. The summed E-state index contributed by atoms with van der Waals surface area (Å²) in [4.78, 5) is 12.5. The highest BCUT2D eigenvalue weighted by Crippen LogP contribution is 2.40. The molecule has 1 N–H and O–H groups in total. The van der Waals surface area contributed by atoms with Crippen LogP contribution < -0.4 is 0 Å². The van der Waals surface area contributed by atoms with Crippen molar-refractivity contribution in [1.82, 2.24) is 14.3 Å². The van der Waals surface area contributed by atoms with Crippen molar-refractivity contribution >= 4 is 17.7 Å². The summed E-state index contributed by atoms with van der Waals surface area (Å²) in [5, 5.41) is 13.3. The van der Waals surface area contributed by atoms with Gasteiger partial charge in [0.25, 0.3) is 0 Å². The Hall–Kier alpha value is -2.85. The summed E-state index contributed by atoms with van der Waals surface area (Å²) < 4.78 is 62.4. The highest BCUT2D eigenvalue weighted by molar-refractivity contribution is 6.33. The van der Waals surface area contributed by atoms with Crippen LogP contribution in [0.5, 0.6) is 0 Å². The van der Waals surface area contributed by atoms with Crippen molar-refractivity contribution < 1.29 is 32.2 Å². The third kappa shape index (κ3) is 4.59. The van der Waals surface area contributed by atoms with E-state index in [0.29, 0.717) is 4.68 Å². The lowest BCUT2D eigenvalue weighted by molar-refractivity contribution is -0.144. The monoisotopic (exact) mass is 459 g/mol. The highest BCUT2D eigenvalue weighted by atomic mass is 35.5. The van der Waals surface area contributed by atoms with Gasteiger partial charge in [-0.05, 0) is 32.0 Å². The standard InChI is InChI=1S/C20H18ClF4N3O3/c1-3-31-19(30)27-10-12(17-14(21)5-4-6-15(17)22)7-16(27)13-8-26-28(9-11(2)29)18(13)20(23,24)25/h4-8,10-11,29H,3,9H2,1-2H3/t11-/m1/s1. The maximum atomic E-state index is 14.4. The molecule has 0 aliphatic heterocycles. The number of aromatic nitrogens is 3. The van der Waals surface area contributed by atoms with Crippen molar-refractivity contribution in [2.75, 3.05) is 6.61 Å². The number of ether oxygens (including phenoxy) is 1. The quantitative estimate of drug-likeness (QED) is 0.531. The molecule has 0 aliphatic rings. The van der Waals surface area contributed by atoms with Crippen molar-refractivity contribution in [3.8, 4) is 22.4 Å². The number of aliphatic hydroxyl groups is 1. The van der Waals surface area contributed by atoms with E-state index >= 15 is 0 Å². The van der Waals surface area contributed by atoms with Crippen LogP contribution in [-0.4, -0.2) is 38.3 Å². The molecule has 0 aliphatic carbocycles. The van der Waals surface area contributed by atoms with E-state index in [-0.39, 0.29) is 28.5 Å². The molecule has 2 aromatic heterocycles. The molecule has 0 bridgehead atoms. The molecule has 0 saturated carbocycles. The Balaban J connectivity index is 2.27. The van der Waals surface area contributed by atoms with Gasteiger partial charge in [-0.1, -0.05) is 17.7 Å². The van der Waals surface area contributed by atoms with Gasteiger partial charge in [0.05, 0.1) is 36.2 Å². The molecule has 0 saturated heterocycles. The second kappa shape index (κ2) is 8.72. The summed E-state index contributed by atoms with van der Waals surface area (Å²) in [7, 11) is 0. The molecule has 6 nitrogen and oxygen atoms in total. The molecule has 1 aromatic carbocycles. The first-order valence-corrected chi connectivity index (χ1v) is 9.57. The lowest BCUT2D eigenvalue weighted by Crippen LogP contribution is -2.21. The number of rotatable bonds is 5. The third-order valence-corrected chi connectivity index (χ3v) is 4.67. The second-order valence-corrected chi connectivity index (χ2v) is 7.12. The average Bonchev–Trinajstić information content (AvgIpc) is 3.25. The van der Waals surface area contributed by atoms with Gasteiger partial charge in [-0.25, -0.2) is 9.18 Å². The molecule has 3 aromatic rings. The van der Waals surface area contributed by atoms with E-state index in [1.54, 1.807) is 0 Å². The second-order valence-electron chi connectivity index (χ2n) is 6.72. The predicted molar refractivity (Wildman–Crippen MR) is 105 cm³/mol. The summed E-state index contributed by atoms with van der Waals surface area (Å²) in [6.07, 6.45) is -4.81. The molecule has 166 valence electrons. The van der Waals surface area contributed by atoms with Crippen molar-refractivity contribution in [3.05, 3.63) is 53.2 Å². The van der Waals surface area contributed by atoms with Crippen LogP contribution in [0.2, 0.25) is 5.02 Å². The van der Waals surface area contributed by atoms with Gasteiger partial charge >= 0.3 is 12.3 Å². The van der Waals surface area contributed by atoms with E-state index in [1.165, 1.54) is 32.0 Å².